The first-order valence-corrected chi connectivity index (χ1v) is 10.4. The van der Waals surface area contributed by atoms with Crippen LogP contribution < -0.4 is 5.73 Å². The molecule has 0 fully saturated rings. The van der Waals surface area contributed by atoms with Crippen molar-refractivity contribution in [3.05, 3.63) is 86.6 Å². The van der Waals surface area contributed by atoms with E-state index in [1.54, 1.807) is 17.8 Å². The van der Waals surface area contributed by atoms with E-state index in [1.807, 2.05) is 49.4 Å². The lowest BCUT2D eigenvalue weighted by molar-refractivity contribution is 0.889. The van der Waals surface area contributed by atoms with Crippen molar-refractivity contribution in [2.75, 3.05) is 5.73 Å². The Morgan fingerprint density at radius 2 is 1.68 bits per heavy atom. The summed E-state index contributed by atoms with van der Waals surface area (Å²) in [5.41, 5.74) is 8.20. The van der Waals surface area contributed by atoms with Gasteiger partial charge in [0.2, 0.25) is 5.95 Å². The lowest BCUT2D eigenvalue weighted by atomic mass is 10.1. The van der Waals surface area contributed by atoms with Crippen LogP contribution in [0.25, 0.3) is 0 Å². The van der Waals surface area contributed by atoms with Crippen molar-refractivity contribution in [2.45, 2.75) is 23.5 Å². The van der Waals surface area contributed by atoms with Gasteiger partial charge in [0.05, 0.1) is 16.6 Å². The Morgan fingerprint density at radius 1 is 1.00 bits per heavy atom. The Kier molecular flexibility index (Phi) is 7.18. The fraction of sp³-hybridized carbons (Fsp3) is 0.150. The highest BCUT2D eigenvalue weighted by molar-refractivity contribution is 7.99. The van der Waals surface area contributed by atoms with Crippen molar-refractivity contribution in [3.8, 4) is 0 Å². The molecule has 2 aromatic carbocycles. The summed E-state index contributed by atoms with van der Waals surface area (Å²) in [6.45, 7) is 1.86. The molecule has 0 spiro atoms. The zero-order valence-electron chi connectivity index (χ0n) is 14.9. The predicted octanol–water partition coefficient (Wildman–Crippen LogP) is 6.35. The molecule has 0 saturated heterocycles. The second-order valence-electron chi connectivity index (χ2n) is 6.03. The quantitative estimate of drug-likeness (QED) is 0.349. The van der Waals surface area contributed by atoms with Gasteiger partial charge in [-0.2, -0.15) is 5.10 Å². The number of aryl methyl sites for hydroxylation is 1. The Labute approximate surface area is 183 Å². The van der Waals surface area contributed by atoms with Gasteiger partial charge in [-0.25, -0.2) is 4.98 Å². The zero-order valence-corrected chi connectivity index (χ0v) is 18.0. The van der Waals surface area contributed by atoms with Crippen LogP contribution in [0.4, 0.5) is 5.95 Å². The lowest BCUT2D eigenvalue weighted by Crippen LogP contribution is -2.04. The molecule has 0 saturated carbocycles. The SMILES string of the molecule is Cc1nnc(N)nc1C/C=C/C(Sc1ccc(Cl)cc1)c1cc(Cl)cc(Cl)c1. The Hall–Kier alpha value is -1.79. The lowest BCUT2D eigenvalue weighted by Gasteiger charge is -2.14. The van der Waals surface area contributed by atoms with Crippen LogP contribution >= 0.6 is 46.6 Å². The van der Waals surface area contributed by atoms with Gasteiger partial charge in [0.15, 0.2) is 0 Å². The molecular weight excluding hydrogens is 435 g/mol. The minimum Gasteiger partial charge on any atom is -0.366 e. The minimum atomic E-state index is 0.00447. The van der Waals surface area contributed by atoms with Crippen molar-refractivity contribution in [2.24, 2.45) is 0 Å². The molecule has 2 N–H and O–H groups in total. The summed E-state index contributed by atoms with van der Waals surface area (Å²) in [4.78, 5) is 5.34. The van der Waals surface area contributed by atoms with Crippen LogP contribution in [-0.2, 0) is 6.42 Å². The fourth-order valence-corrected chi connectivity index (χ4v) is 4.26. The summed E-state index contributed by atoms with van der Waals surface area (Å²) in [6, 6.07) is 13.3. The summed E-state index contributed by atoms with van der Waals surface area (Å²) in [5.74, 6) is 0.169. The summed E-state index contributed by atoms with van der Waals surface area (Å²) in [6.07, 6.45) is 4.73. The zero-order chi connectivity index (χ0) is 20.1. The Bertz CT molecular complexity index is 973. The van der Waals surface area contributed by atoms with E-state index in [0.29, 0.717) is 21.5 Å². The number of allylic oxidation sites excluding steroid dienone is 1. The van der Waals surface area contributed by atoms with E-state index in [-0.39, 0.29) is 11.2 Å². The normalized spacial score (nSPS) is 12.4. The van der Waals surface area contributed by atoms with Gasteiger partial charge in [-0.3, -0.25) is 0 Å². The molecule has 0 aliphatic heterocycles. The van der Waals surface area contributed by atoms with Crippen LogP contribution in [0.15, 0.2) is 59.5 Å². The first kappa shape index (κ1) is 20.9. The molecule has 1 unspecified atom stereocenters. The fourth-order valence-electron chi connectivity index (χ4n) is 2.54. The smallest absolute Gasteiger partial charge is 0.240 e. The molecule has 28 heavy (non-hydrogen) atoms. The molecule has 3 rings (SSSR count). The predicted molar refractivity (Wildman–Crippen MR) is 118 cm³/mol. The van der Waals surface area contributed by atoms with Crippen molar-refractivity contribution in [1.29, 1.82) is 0 Å². The van der Waals surface area contributed by atoms with E-state index >= 15 is 0 Å². The van der Waals surface area contributed by atoms with Crippen LogP contribution in [-0.4, -0.2) is 15.2 Å². The third-order valence-corrected chi connectivity index (χ3v) is 5.80. The summed E-state index contributed by atoms with van der Waals surface area (Å²) in [7, 11) is 0. The molecule has 0 amide bonds. The van der Waals surface area contributed by atoms with E-state index in [4.69, 9.17) is 40.5 Å². The van der Waals surface area contributed by atoms with Gasteiger partial charge in [0.1, 0.15) is 0 Å². The third-order valence-electron chi connectivity index (χ3n) is 3.88. The number of aromatic nitrogens is 3. The van der Waals surface area contributed by atoms with Crippen molar-refractivity contribution < 1.29 is 0 Å². The maximum absolute atomic E-state index is 6.21. The number of halogens is 3. The van der Waals surface area contributed by atoms with Gasteiger partial charge in [-0.1, -0.05) is 47.0 Å². The van der Waals surface area contributed by atoms with E-state index in [0.717, 1.165) is 21.8 Å². The third kappa shape index (κ3) is 5.85. The minimum absolute atomic E-state index is 0.00447. The standard InChI is InChI=1S/C20H17Cl3N4S/c1-12-18(25-20(24)27-26-12)3-2-4-19(13-9-15(22)11-16(23)10-13)28-17-7-5-14(21)6-8-17/h2,4-11,19H,3H2,1H3,(H2,24,25,27)/b4-2+. The molecule has 4 nitrogen and oxygen atoms in total. The molecule has 3 aromatic rings. The molecule has 0 aliphatic carbocycles. The highest BCUT2D eigenvalue weighted by Crippen LogP contribution is 2.38. The number of benzene rings is 2. The monoisotopic (exact) mass is 450 g/mol. The number of nitrogen functional groups attached to an aromatic ring is 1. The average Bonchev–Trinajstić information content (AvgIpc) is 2.64. The second-order valence-corrected chi connectivity index (χ2v) is 8.55. The number of rotatable bonds is 6. The van der Waals surface area contributed by atoms with Gasteiger partial charge >= 0.3 is 0 Å². The van der Waals surface area contributed by atoms with E-state index < -0.39 is 0 Å². The molecule has 1 atom stereocenters. The second kappa shape index (κ2) is 9.61. The molecule has 8 heteroatoms. The van der Waals surface area contributed by atoms with Crippen LogP contribution in [0, 0.1) is 6.92 Å². The largest absolute Gasteiger partial charge is 0.366 e. The van der Waals surface area contributed by atoms with Crippen LogP contribution in [0.2, 0.25) is 15.1 Å². The van der Waals surface area contributed by atoms with Crippen molar-refractivity contribution in [3.63, 3.8) is 0 Å². The molecule has 0 radical (unpaired) electrons. The molecule has 1 heterocycles. The molecular formula is C20H17Cl3N4S. The van der Waals surface area contributed by atoms with Crippen LogP contribution in [0.3, 0.4) is 0 Å². The number of nitrogens with zero attached hydrogens (tertiary/aromatic N) is 3. The van der Waals surface area contributed by atoms with Gasteiger partial charge in [-0.05, 0) is 55.0 Å². The van der Waals surface area contributed by atoms with Gasteiger partial charge in [-0.15, -0.1) is 16.9 Å². The first-order chi connectivity index (χ1) is 13.4. The van der Waals surface area contributed by atoms with Gasteiger partial charge < -0.3 is 5.73 Å². The van der Waals surface area contributed by atoms with Crippen molar-refractivity contribution in [1.82, 2.24) is 15.2 Å². The van der Waals surface area contributed by atoms with Crippen LogP contribution in [0.1, 0.15) is 22.2 Å². The van der Waals surface area contributed by atoms with Crippen LogP contribution in [0.5, 0.6) is 0 Å². The highest BCUT2D eigenvalue weighted by Gasteiger charge is 2.12. The number of hydrogen-bond donors (Lipinski definition) is 1. The summed E-state index contributed by atoms with van der Waals surface area (Å²) in [5, 5.41) is 9.67. The topological polar surface area (TPSA) is 64.7 Å². The Balaban J connectivity index is 1.86. The number of nitrogens with two attached hydrogens (primary N) is 1. The summed E-state index contributed by atoms with van der Waals surface area (Å²) >= 11 is 20.1. The molecule has 0 bridgehead atoms. The van der Waals surface area contributed by atoms with E-state index in [1.165, 1.54) is 0 Å². The number of thioether (sulfide) groups is 1. The maximum Gasteiger partial charge on any atom is 0.240 e. The average molecular weight is 452 g/mol. The molecule has 1 aromatic heterocycles. The van der Waals surface area contributed by atoms with Gasteiger partial charge in [0, 0.05) is 26.4 Å². The van der Waals surface area contributed by atoms with E-state index in [2.05, 4.69) is 21.3 Å². The number of hydrogen-bond acceptors (Lipinski definition) is 5. The van der Waals surface area contributed by atoms with E-state index in [9.17, 15) is 0 Å². The highest BCUT2D eigenvalue weighted by atomic mass is 35.5. The number of anilines is 1. The molecule has 0 aliphatic rings. The first-order valence-electron chi connectivity index (χ1n) is 8.41. The van der Waals surface area contributed by atoms with Gasteiger partial charge in [0.25, 0.3) is 0 Å². The van der Waals surface area contributed by atoms with Crippen molar-refractivity contribution >= 4 is 52.5 Å². The maximum atomic E-state index is 6.21. The molecule has 144 valence electrons. The Morgan fingerprint density at radius 3 is 2.36 bits per heavy atom. The summed E-state index contributed by atoms with van der Waals surface area (Å²) < 4.78 is 0.